The van der Waals surface area contributed by atoms with Gasteiger partial charge >= 0.3 is 0 Å². The summed E-state index contributed by atoms with van der Waals surface area (Å²) in [5.74, 6) is 0.747. The fraction of sp³-hybridized carbons (Fsp3) is 1.00. The molecule has 0 bridgehead atoms. The van der Waals surface area contributed by atoms with Crippen molar-refractivity contribution in [2.45, 2.75) is 32.2 Å². The van der Waals surface area contributed by atoms with Gasteiger partial charge in [0.25, 0.3) is 0 Å². The second-order valence-electron chi connectivity index (χ2n) is 4.71. The quantitative estimate of drug-likeness (QED) is 0.625. The van der Waals surface area contributed by atoms with Crippen molar-refractivity contribution >= 4 is 0 Å². The highest BCUT2D eigenvalue weighted by atomic mass is 16.5. The minimum Gasteiger partial charge on any atom is -0.380 e. The van der Waals surface area contributed by atoms with Crippen molar-refractivity contribution < 1.29 is 4.74 Å². The van der Waals surface area contributed by atoms with E-state index in [1.807, 2.05) is 6.92 Å². The zero-order valence-corrected chi connectivity index (χ0v) is 9.75. The van der Waals surface area contributed by atoms with E-state index in [4.69, 9.17) is 10.5 Å². The summed E-state index contributed by atoms with van der Waals surface area (Å²) in [5, 5.41) is 0. The van der Waals surface area contributed by atoms with Crippen LogP contribution < -0.4 is 5.73 Å². The van der Waals surface area contributed by atoms with E-state index in [0.29, 0.717) is 0 Å². The molecular weight excluding hydrogens is 176 g/mol. The standard InChI is InChI=1S/C11H24N2O/c1-4-14-8-7-13(3)9-11(2,12)10-5-6-10/h10H,4-9,12H2,1-3H3. The van der Waals surface area contributed by atoms with Gasteiger partial charge in [-0.15, -0.1) is 0 Å². The Morgan fingerprint density at radius 2 is 2.14 bits per heavy atom. The number of likely N-dealkylation sites (N-methyl/N-ethyl adjacent to an activating group) is 1. The molecule has 1 saturated carbocycles. The summed E-state index contributed by atoms with van der Waals surface area (Å²) in [6.07, 6.45) is 2.62. The van der Waals surface area contributed by atoms with Crippen molar-refractivity contribution in [2.24, 2.45) is 11.7 Å². The highest BCUT2D eigenvalue weighted by molar-refractivity contribution is 4.96. The van der Waals surface area contributed by atoms with Crippen LogP contribution in [0.3, 0.4) is 0 Å². The average molecular weight is 200 g/mol. The van der Waals surface area contributed by atoms with Gasteiger partial charge in [-0.05, 0) is 39.7 Å². The molecular formula is C11H24N2O. The van der Waals surface area contributed by atoms with Crippen LogP contribution in [-0.4, -0.2) is 43.8 Å². The number of rotatable bonds is 7. The Morgan fingerprint density at radius 3 is 2.64 bits per heavy atom. The third-order valence-electron chi connectivity index (χ3n) is 2.94. The Labute approximate surface area is 87.6 Å². The summed E-state index contributed by atoms with van der Waals surface area (Å²) in [7, 11) is 2.12. The summed E-state index contributed by atoms with van der Waals surface area (Å²) in [6, 6.07) is 0. The predicted octanol–water partition coefficient (Wildman–Crippen LogP) is 1.08. The molecule has 84 valence electrons. The Bertz CT molecular complexity index is 167. The first-order valence-corrected chi connectivity index (χ1v) is 5.61. The molecule has 0 spiro atoms. The Hall–Kier alpha value is -0.120. The van der Waals surface area contributed by atoms with E-state index in [1.165, 1.54) is 12.8 Å². The van der Waals surface area contributed by atoms with Gasteiger partial charge < -0.3 is 15.4 Å². The molecule has 0 aromatic heterocycles. The van der Waals surface area contributed by atoms with E-state index in [1.54, 1.807) is 0 Å². The fourth-order valence-corrected chi connectivity index (χ4v) is 1.90. The van der Waals surface area contributed by atoms with Crippen molar-refractivity contribution in [1.82, 2.24) is 4.90 Å². The van der Waals surface area contributed by atoms with Crippen LogP contribution in [0.15, 0.2) is 0 Å². The van der Waals surface area contributed by atoms with E-state index in [-0.39, 0.29) is 5.54 Å². The smallest absolute Gasteiger partial charge is 0.0593 e. The first-order chi connectivity index (χ1) is 6.56. The molecule has 0 aromatic carbocycles. The molecule has 1 aliphatic rings. The lowest BCUT2D eigenvalue weighted by Gasteiger charge is -2.30. The van der Waals surface area contributed by atoms with Gasteiger partial charge in [-0.3, -0.25) is 0 Å². The molecule has 0 radical (unpaired) electrons. The van der Waals surface area contributed by atoms with Crippen LogP contribution in [0.5, 0.6) is 0 Å². The Morgan fingerprint density at radius 1 is 1.50 bits per heavy atom. The summed E-state index contributed by atoms with van der Waals surface area (Å²) < 4.78 is 5.31. The molecule has 1 atom stereocenters. The lowest BCUT2D eigenvalue weighted by atomic mass is 9.97. The average Bonchev–Trinajstić information content (AvgIpc) is 2.85. The van der Waals surface area contributed by atoms with Crippen molar-refractivity contribution in [3.63, 3.8) is 0 Å². The summed E-state index contributed by atoms with van der Waals surface area (Å²) in [4.78, 5) is 2.27. The normalized spacial score (nSPS) is 21.2. The first kappa shape index (κ1) is 12.0. The topological polar surface area (TPSA) is 38.5 Å². The Kier molecular flexibility index (Phi) is 4.35. The van der Waals surface area contributed by atoms with Crippen LogP contribution in [0, 0.1) is 5.92 Å². The van der Waals surface area contributed by atoms with Gasteiger partial charge in [0.2, 0.25) is 0 Å². The van der Waals surface area contributed by atoms with E-state index >= 15 is 0 Å². The minimum atomic E-state index is 0.000957. The van der Waals surface area contributed by atoms with Gasteiger partial charge in [0.1, 0.15) is 0 Å². The SMILES string of the molecule is CCOCCN(C)CC(C)(N)C1CC1. The molecule has 0 amide bonds. The molecule has 2 N–H and O–H groups in total. The van der Waals surface area contributed by atoms with Crippen molar-refractivity contribution in [3.8, 4) is 0 Å². The fourth-order valence-electron chi connectivity index (χ4n) is 1.90. The van der Waals surface area contributed by atoms with Crippen LogP contribution in [0.4, 0.5) is 0 Å². The number of nitrogens with zero attached hydrogens (tertiary/aromatic N) is 1. The predicted molar refractivity (Wildman–Crippen MR) is 59.3 cm³/mol. The molecule has 1 unspecified atom stereocenters. The third-order valence-corrected chi connectivity index (χ3v) is 2.94. The number of nitrogens with two attached hydrogens (primary N) is 1. The Balaban J connectivity index is 2.14. The van der Waals surface area contributed by atoms with E-state index in [2.05, 4.69) is 18.9 Å². The largest absolute Gasteiger partial charge is 0.380 e. The molecule has 1 rings (SSSR count). The van der Waals surface area contributed by atoms with Crippen LogP contribution in [0.1, 0.15) is 26.7 Å². The molecule has 3 heteroatoms. The maximum Gasteiger partial charge on any atom is 0.0593 e. The molecule has 1 fully saturated rings. The van der Waals surface area contributed by atoms with Gasteiger partial charge in [0, 0.05) is 25.2 Å². The zero-order chi connectivity index (χ0) is 10.6. The minimum absolute atomic E-state index is 0.000957. The molecule has 0 aliphatic heterocycles. The van der Waals surface area contributed by atoms with Crippen molar-refractivity contribution in [3.05, 3.63) is 0 Å². The van der Waals surface area contributed by atoms with Crippen LogP contribution in [0.2, 0.25) is 0 Å². The van der Waals surface area contributed by atoms with Crippen molar-refractivity contribution in [2.75, 3.05) is 33.4 Å². The van der Waals surface area contributed by atoms with Crippen LogP contribution >= 0.6 is 0 Å². The lowest BCUT2D eigenvalue weighted by molar-refractivity contribution is 0.113. The second-order valence-corrected chi connectivity index (χ2v) is 4.71. The van der Waals surface area contributed by atoms with Crippen LogP contribution in [0.25, 0.3) is 0 Å². The van der Waals surface area contributed by atoms with Crippen LogP contribution in [-0.2, 0) is 4.74 Å². The van der Waals surface area contributed by atoms with Gasteiger partial charge in [-0.1, -0.05) is 0 Å². The summed E-state index contributed by atoms with van der Waals surface area (Å²) in [5.41, 5.74) is 6.25. The van der Waals surface area contributed by atoms with Gasteiger partial charge in [0.05, 0.1) is 6.61 Å². The zero-order valence-electron chi connectivity index (χ0n) is 9.75. The molecule has 0 heterocycles. The van der Waals surface area contributed by atoms with Gasteiger partial charge in [-0.25, -0.2) is 0 Å². The number of hydrogen-bond donors (Lipinski definition) is 1. The second kappa shape index (κ2) is 5.10. The van der Waals surface area contributed by atoms with E-state index < -0.39 is 0 Å². The molecule has 0 saturated heterocycles. The molecule has 3 nitrogen and oxygen atoms in total. The number of hydrogen-bond acceptors (Lipinski definition) is 3. The third kappa shape index (κ3) is 3.95. The number of ether oxygens (including phenoxy) is 1. The van der Waals surface area contributed by atoms with E-state index in [9.17, 15) is 0 Å². The molecule has 0 aromatic rings. The van der Waals surface area contributed by atoms with Crippen molar-refractivity contribution in [1.29, 1.82) is 0 Å². The van der Waals surface area contributed by atoms with E-state index in [0.717, 1.165) is 32.2 Å². The highest BCUT2D eigenvalue weighted by Gasteiger charge is 2.38. The lowest BCUT2D eigenvalue weighted by Crippen LogP contribution is -2.49. The van der Waals surface area contributed by atoms with Gasteiger partial charge in [0.15, 0.2) is 0 Å². The molecule has 1 aliphatic carbocycles. The summed E-state index contributed by atoms with van der Waals surface area (Å²) >= 11 is 0. The highest BCUT2D eigenvalue weighted by Crippen LogP contribution is 2.38. The summed E-state index contributed by atoms with van der Waals surface area (Å²) in [6.45, 7) is 7.77. The van der Waals surface area contributed by atoms with Gasteiger partial charge in [-0.2, -0.15) is 0 Å². The maximum absolute atomic E-state index is 6.24. The monoisotopic (exact) mass is 200 g/mol. The molecule has 14 heavy (non-hydrogen) atoms. The maximum atomic E-state index is 6.24. The first-order valence-electron chi connectivity index (χ1n) is 5.61.